The number of hydrogen-bond acceptors (Lipinski definition) is 4. The molecule has 0 aliphatic heterocycles. The van der Waals surface area contributed by atoms with Crippen molar-refractivity contribution < 1.29 is 4.79 Å². The molecule has 6 heteroatoms. The van der Waals surface area contributed by atoms with Gasteiger partial charge in [0.2, 0.25) is 0 Å². The van der Waals surface area contributed by atoms with E-state index in [-0.39, 0.29) is 5.91 Å². The maximum Gasteiger partial charge on any atom is 0.255 e. The van der Waals surface area contributed by atoms with Crippen LogP contribution in [0.15, 0.2) is 28.4 Å². The Labute approximate surface area is 118 Å². The van der Waals surface area contributed by atoms with E-state index in [1.54, 1.807) is 47.1 Å². The molecule has 94 valence electrons. The maximum absolute atomic E-state index is 12.1. The van der Waals surface area contributed by atoms with E-state index in [4.69, 9.17) is 0 Å². The van der Waals surface area contributed by atoms with Crippen LogP contribution in [0.25, 0.3) is 0 Å². The summed E-state index contributed by atoms with van der Waals surface area (Å²) in [6, 6.07) is 3.52. The van der Waals surface area contributed by atoms with Crippen molar-refractivity contribution in [3.05, 3.63) is 44.6 Å². The van der Waals surface area contributed by atoms with Crippen molar-refractivity contribution in [2.75, 3.05) is 7.05 Å². The van der Waals surface area contributed by atoms with Crippen LogP contribution in [0.1, 0.15) is 20.9 Å². The fourth-order valence-electron chi connectivity index (χ4n) is 1.49. The second-order valence-corrected chi connectivity index (χ2v) is 5.64. The standard InChI is InChI=1S/C12H12BrN3OS/c1-8-10(18-7-15-8)6-16(2)12(17)9-3-4-11(13)14-5-9/h3-5,7H,6H2,1-2H3. The molecule has 0 bridgehead atoms. The second kappa shape index (κ2) is 5.58. The minimum atomic E-state index is -0.0391. The zero-order valence-corrected chi connectivity index (χ0v) is 12.5. The Balaban J connectivity index is 2.09. The first-order chi connectivity index (χ1) is 8.58. The van der Waals surface area contributed by atoms with E-state index < -0.39 is 0 Å². The van der Waals surface area contributed by atoms with Gasteiger partial charge in [-0.1, -0.05) is 0 Å². The predicted octanol–water partition coefficient (Wildman–Crippen LogP) is 2.88. The summed E-state index contributed by atoms with van der Waals surface area (Å²) >= 11 is 4.81. The van der Waals surface area contributed by atoms with Crippen LogP contribution in [0, 0.1) is 6.92 Å². The summed E-state index contributed by atoms with van der Waals surface area (Å²) in [5.74, 6) is -0.0391. The molecule has 0 fully saturated rings. The molecule has 0 aromatic carbocycles. The number of carbonyl (C=O) groups excluding carboxylic acids is 1. The lowest BCUT2D eigenvalue weighted by atomic mass is 10.2. The number of halogens is 1. The monoisotopic (exact) mass is 325 g/mol. The van der Waals surface area contributed by atoms with E-state index >= 15 is 0 Å². The molecule has 2 rings (SSSR count). The van der Waals surface area contributed by atoms with E-state index in [1.807, 2.05) is 6.92 Å². The normalized spacial score (nSPS) is 10.4. The highest BCUT2D eigenvalue weighted by atomic mass is 79.9. The molecule has 1 amide bonds. The number of rotatable bonds is 3. The Morgan fingerprint density at radius 1 is 1.44 bits per heavy atom. The molecule has 18 heavy (non-hydrogen) atoms. The van der Waals surface area contributed by atoms with E-state index in [0.29, 0.717) is 12.1 Å². The summed E-state index contributed by atoms with van der Waals surface area (Å²) in [4.78, 5) is 23.2. The minimum absolute atomic E-state index is 0.0391. The average molecular weight is 326 g/mol. The topological polar surface area (TPSA) is 46.1 Å². The summed E-state index contributed by atoms with van der Waals surface area (Å²) in [6.45, 7) is 2.52. The number of pyridine rings is 1. The molecule has 0 saturated carbocycles. The lowest BCUT2D eigenvalue weighted by Gasteiger charge is -2.16. The van der Waals surface area contributed by atoms with Crippen molar-refractivity contribution in [3.63, 3.8) is 0 Å². The highest BCUT2D eigenvalue weighted by molar-refractivity contribution is 9.10. The van der Waals surface area contributed by atoms with Gasteiger partial charge in [-0.2, -0.15) is 0 Å². The molecule has 0 N–H and O–H groups in total. The highest BCUT2D eigenvalue weighted by Gasteiger charge is 2.14. The van der Waals surface area contributed by atoms with Crippen LogP contribution >= 0.6 is 27.3 Å². The van der Waals surface area contributed by atoms with Gasteiger partial charge in [0.1, 0.15) is 4.60 Å². The third-order valence-electron chi connectivity index (χ3n) is 2.55. The van der Waals surface area contributed by atoms with Gasteiger partial charge >= 0.3 is 0 Å². The molecule has 0 aliphatic rings. The number of hydrogen-bond donors (Lipinski definition) is 0. The predicted molar refractivity (Wildman–Crippen MR) is 74.6 cm³/mol. The van der Waals surface area contributed by atoms with Crippen molar-refractivity contribution in [2.24, 2.45) is 0 Å². The lowest BCUT2D eigenvalue weighted by molar-refractivity contribution is 0.0786. The van der Waals surface area contributed by atoms with Crippen molar-refractivity contribution in [3.8, 4) is 0 Å². The van der Waals surface area contributed by atoms with Crippen LogP contribution in [-0.2, 0) is 6.54 Å². The molecule has 2 aromatic heterocycles. The van der Waals surface area contributed by atoms with Gasteiger partial charge in [-0.25, -0.2) is 9.97 Å². The molecular formula is C12H12BrN3OS. The Morgan fingerprint density at radius 2 is 2.22 bits per heavy atom. The molecule has 4 nitrogen and oxygen atoms in total. The number of aryl methyl sites for hydroxylation is 1. The van der Waals surface area contributed by atoms with Crippen molar-refractivity contribution in [1.29, 1.82) is 0 Å². The highest BCUT2D eigenvalue weighted by Crippen LogP contribution is 2.16. The Kier molecular flexibility index (Phi) is 4.08. The van der Waals surface area contributed by atoms with E-state index in [2.05, 4.69) is 25.9 Å². The first-order valence-corrected chi connectivity index (χ1v) is 7.01. The molecule has 0 unspecified atom stereocenters. The molecule has 2 aromatic rings. The number of aromatic nitrogens is 2. The van der Waals surface area contributed by atoms with Gasteiger partial charge in [-0.15, -0.1) is 11.3 Å². The third kappa shape index (κ3) is 2.94. The zero-order chi connectivity index (χ0) is 13.1. The Morgan fingerprint density at radius 3 is 2.78 bits per heavy atom. The molecule has 0 radical (unpaired) electrons. The molecule has 0 aliphatic carbocycles. The van der Waals surface area contributed by atoms with Gasteiger partial charge in [0.05, 0.1) is 23.3 Å². The summed E-state index contributed by atoms with van der Waals surface area (Å²) in [5, 5.41) is 0. The first-order valence-electron chi connectivity index (χ1n) is 5.34. The SMILES string of the molecule is Cc1ncsc1CN(C)C(=O)c1ccc(Br)nc1. The molecule has 2 heterocycles. The zero-order valence-electron chi connectivity index (χ0n) is 10.1. The van der Waals surface area contributed by atoms with Crippen molar-refractivity contribution in [1.82, 2.24) is 14.9 Å². The van der Waals surface area contributed by atoms with Gasteiger partial charge in [0.25, 0.3) is 5.91 Å². The van der Waals surface area contributed by atoms with Crippen LogP contribution in [0.5, 0.6) is 0 Å². The summed E-state index contributed by atoms with van der Waals surface area (Å²) < 4.78 is 0.722. The number of carbonyl (C=O) groups is 1. The van der Waals surface area contributed by atoms with Crippen LogP contribution in [0.4, 0.5) is 0 Å². The Hall–Kier alpha value is -1.27. The number of amides is 1. The molecular weight excluding hydrogens is 314 g/mol. The maximum atomic E-state index is 12.1. The summed E-state index contributed by atoms with van der Waals surface area (Å²) in [7, 11) is 1.78. The summed E-state index contributed by atoms with van der Waals surface area (Å²) in [6.07, 6.45) is 1.57. The van der Waals surface area contributed by atoms with Gasteiger partial charge in [0.15, 0.2) is 0 Å². The van der Waals surface area contributed by atoms with Gasteiger partial charge in [-0.3, -0.25) is 4.79 Å². The average Bonchev–Trinajstić information content (AvgIpc) is 2.75. The van der Waals surface area contributed by atoms with E-state index in [0.717, 1.165) is 15.2 Å². The number of nitrogens with zero attached hydrogens (tertiary/aromatic N) is 3. The van der Waals surface area contributed by atoms with E-state index in [1.165, 1.54) is 0 Å². The van der Waals surface area contributed by atoms with Crippen molar-refractivity contribution >= 4 is 33.2 Å². The van der Waals surface area contributed by atoms with Crippen LogP contribution in [0.3, 0.4) is 0 Å². The molecule has 0 saturated heterocycles. The quantitative estimate of drug-likeness (QED) is 0.815. The minimum Gasteiger partial charge on any atom is -0.336 e. The fourth-order valence-corrected chi connectivity index (χ4v) is 2.55. The fraction of sp³-hybridized carbons (Fsp3) is 0.250. The van der Waals surface area contributed by atoms with Gasteiger partial charge in [0, 0.05) is 18.1 Å². The number of thiazole rings is 1. The lowest BCUT2D eigenvalue weighted by Crippen LogP contribution is -2.26. The van der Waals surface area contributed by atoms with E-state index in [9.17, 15) is 4.79 Å². The summed E-state index contributed by atoms with van der Waals surface area (Å²) in [5.41, 5.74) is 3.36. The molecule has 0 spiro atoms. The van der Waals surface area contributed by atoms with Crippen LogP contribution in [0.2, 0.25) is 0 Å². The van der Waals surface area contributed by atoms with Gasteiger partial charge < -0.3 is 4.90 Å². The smallest absolute Gasteiger partial charge is 0.255 e. The first kappa shape index (κ1) is 13.2. The third-order valence-corrected chi connectivity index (χ3v) is 3.94. The van der Waals surface area contributed by atoms with Gasteiger partial charge in [-0.05, 0) is 35.0 Å². The molecule has 0 atom stereocenters. The van der Waals surface area contributed by atoms with Crippen LogP contribution < -0.4 is 0 Å². The van der Waals surface area contributed by atoms with Crippen LogP contribution in [-0.4, -0.2) is 27.8 Å². The van der Waals surface area contributed by atoms with Crippen molar-refractivity contribution in [2.45, 2.75) is 13.5 Å². The largest absolute Gasteiger partial charge is 0.336 e. The second-order valence-electron chi connectivity index (χ2n) is 3.89. The Bertz CT molecular complexity index is 553.